The van der Waals surface area contributed by atoms with Crippen LogP contribution in [0.3, 0.4) is 0 Å². The predicted octanol–water partition coefficient (Wildman–Crippen LogP) is 3.46. The van der Waals surface area contributed by atoms with Gasteiger partial charge in [-0.2, -0.15) is 5.10 Å². The Kier molecular flexibility index (Phi) is 4.81. The molecule has 0 saturated carbocycles. The molecule has 2 atom stereocenters. The molecular weight excluding hydrogens is 300 g/mol. The molecule has 24 heavy (non-hydrogen) atoms. The third-order valence-corrected chi connectivity index (χ3v) is 4.06. The largest absolute Gasteiger partial charge is 0.493 e. The standard InChI is InChI=1S/C19H24N4O/c1-13(10-15(3)20)12-24-18-5-4-16(11-14(18)2)17-6-8-21-19-7-9-22-23(17)19/h4-9,11,13,15H,10,12,20H2,1-3H3. The molecule has 2 aromatic heterocycles. The van der Waals surface area contributed by atoms with E-state index in [1.807, 2.05) is 35.8 Å². The maximum atomic E-state index is 5.97. The van der Waals surface area contributed by atoms with E-state index in [2.05, 4.69) is 36.1 Å². The Morgan fingerprint density at radius 2 is 2.00 bits per heavy atom. The highest BCUT2D eigenvalue weighted by Crippen LogP contribution is 2.26. The van der Waals surface area contributed by atoms with Crippen molar-refractivity contribution < 1.29 is 4.74 Å². The fourth-order valence-corrected chi connectivity index (χ4v) is 2.96. The van der Waals surface area contributed by atoms with Crippen LogP contribution in [-0.2, 0) is 0 Å². The van der Waals surface area contributed by atoms with E-state index in [1.54, 1.807) is 6.20 Å². The molecule has 2 heterocycles. The second-order valence-corrected chi connectivity index (χ2v) is 6.54. The fraction of sp³-hybridized carbons (Fsp3) is 0.368. The lowest BCUT2D eigenvalue weighted by Gasteiger charge is -2.16. The Labute approximate surface area is 142 Å². The van der Waals surface area contributed by atoms with Crippen molar-refractivity contribution in [1.82, 2.24) is 14.6 Å². The lowest BCUT2D eigenvalue weighted by molar-refractivity contribution is 0.245. The lowest BCUT2D eigenvalue weighted by Crippen LogP contribution is -2.21. The molecule has 126 valence electrons. The zero-order valence-electron chi connectivity index (χ0n) is 14.4. The summed E-state index contributed by atoms with van der Waals surface area (Å²) in [5.74, 6) is 1.36. The minimum Gasteiger partial charge on any atom is -0.493 e. The molecule has 2 N–H and O–H groups in total. The highest BCUT2D eigenvalue weighted by molar-refractivity contribution is 5.64. The third kappa shape index (κ3) is 3.57. The summed E-state index contributed by atoms with van der Waals surface area (Å²) in [6.07, 6.45) is 4.53. The van der Waals surface area contributed by atoms with E-state index in [0.717, 1.165) is 34.6 Å². The average molecular weight is 324 g/mol. The first-order valence-electron chi connectivity index (χ1n) is 8.32. The van der Waals surface area contributed by atoms with Crippen molar-refractivity contribution in [1.29, 1.82) is 0 Å². The topological polar surface area (TPSA) is 65.4 Å². The number of benzene rings is 1. The van der Waals surface area contributed by atoms with Gasteiger partial charge in [0.15, 0.2) is 5.65 Å². The summed E-state index contributed by atoms with van der Waals surface area (Å²) in [6.45, 7) is 6.94. The molecule has 2 unspecified atom stereocenters. The number of fused-ring (bicyclic) bond motifs is 1. The van der Waals surface area contributed by atoms with Gasteiger partial charge in [0.2, 0.25) is 0 Å². The normalized spacial score (nSPS) is 13.8. The molecule has 0 radical (unpaired) electrons. The van der Waals surface area contributed by atoms with Crippen LogP contribution in [0.1, 0.15) is 25.8 Å². The van der Waals surface area contributed by atoms with Crippen molar-refractivity contribution in [3.8, 4) is 17.0 Å². The molecule has 1 aromatic carbocycles. The average Bonchev–Trinajstić information content (AvgIpc) is 3.01. The molecule has 0 amide bonds. The highest BCUT2D eigenvalue weighted by Gasteiger charge is 2.10. The fourth-order valence-electron chi connectivity index (χ4n) is 2.96. The first-order chi connectivity index (χ1) is 11.5. The van der Waals surface area contributed by atoms with E-state index < -0.39 is 0 Å². The number of nitrogens with zero attached hydrogens (tertiary/aromatic N) is 3. The molecule has 5 heteroatoms. The zero-order chi connectivity index (χ0) is 17.1. The second kappa shape index (κ2) is 7.01. The van der Waals surface area contributed by atoms with Crippen molar-refractivity contribution in [3.05, 3.63) is 48.3 Å². The smallest absolute Gasteiger partial charge is 0.155 e. The van der Waals surface area contributed by atoms with Gasteiger partial charge in [-0.3, -0.25) is 0 Å². The van der Waals surface area contributed by atoms with Crippen LogP contribution in [0.4, 0.5) is 0 Å². The summed E-state index contributed by atoms with van der Waals surface area (Å²) in [4.78, 5) is 4.31. The van der Waals surface area contributed by atoms with E-state index in [0.29, 0.717) is 12.5 Å². The number of rotatable bonds is 6. The Morgan fingerprint density at radius 3 is 2.75 bits per heavy atom. The molecule has 0 aliphatic heterocycles. The van der Waals surface area contributed by atoms with Gasteiger partial charge in [0.05, 0.1) is 18.5 Å². The Morgan fingerprint density at radius 1 is 1.17 bits per heavy atom. The van der Waals surface area contributed by atoms with Crippen LogP contribution in [0.25, 0.3) is 16.9 Å². The van der Waals surface area contributed by atoms with Crippen LogP contribution in [0.5, 0.6) is 5.75 Å². The monoisotopic (exact) mass is 324 g/mol. The van der Waals surface area contributed by atoms with Crippen molar-refractivity contribution in [2.45, 2.75) is 33.2 Å². The summed E-state index contributed by atoms with van der Waals surface area (Å²) >= 11 is 0. The minimum absolute atomic E-state index is 0.204. The Hall–Kier alpha value is -2.40. The van der Waals surface area contributed by atoms with Gasteiger partial charge in [0.25, 0.3) is 0 Å². The number of ether oxygens (including phenoxy) is 1. The van der Waals surface area contributed by atoms with Gasteiger partial charge < -0.3 is 10.5 Å². The van der Waals surface area contributed by atoms with E-state index in [1.165, 1.54) is 0 Å². The summed E-state index contributed by atoms with van der Waals surface area (Å²) in [5.41, 5.74) is 9.91. The van der Waals surface area contributed by atoms with Crippen LogP contribution in [0.2, 0.25) is 0 Å². The summed E-state index contributed by atoms with van der Waals surface area (Å²) in [7, 11) is 0. The third-order valence-electron chi connectivity index (χ3n) is 4.06. The molecule has 0 spiro atoms. The van der Waals surface area contributed by atoms with Crippen LogP contribution < -0.4 is 10.5 Å². The minimum atomic E-state index is 0.204. The molecule has 0 aliphatic carbocycles. The number of hydrogen-bond acceptors (Lipinski definition) is 4. The Balaban J connectivity index is 1.79. The van der Waals surface area contributed by atoms with Gasteiger partial charge in [-0.1, -0.05) is 6.92 Å². The van der Waals surface area contributed by atoms with Crippen LogP contribution in [0, 0.1) is 12.8 Å². The molecule has 3 rings (SSSR count). The highest BCUT2D eigenvalue weighted by atomic mass is 16.5. The molecule has 0 bridgehead atoms. The maximum Gasteiger partial charge on any atom is 0.155 e. The van der Waals surface area contributed by atoms with E-state index in [9.17, 15) is 0 Å². The number of aromatic nitrogens is 3. The summed E-state index contributed by atoms with van der Waals surface area (Å²) in [6, 6.07) is 10.3. The number of hydrogen-bond donors (Lipinski definition) is 1. The van der Waals surface area contributed by atoms with Crippen molar-refractivity contribution >= 4 is 5.65 Å². The lowest BCUT2D eigenvalue weighted by atomic mass is 10.0. The van der Waals surface area contributed by atoms with Gasteiger partial charge >= 0.3 is 0 Å². The van der Waals surface area contributed by atoms with Crippen LogP contribution in [-0.4, -0.2) is 27.2 Å². The molecule has 0 aliphatic rings. The quantitative estimate of drug-likeness (QED) is 0.754. The molecule has 0 fully saturated rings. The van der Waals surface area contributed by atoms with Gasteiger partial charge in [-0.25, -0.2) is 9.50 Å². The van der Waals surface area contributed by atoms with Crippen molar-refractivity contribution in [2.75, 3.05) is 6.61 Å². The maximum absolute atomic E-state index is 5.97. The number of aryl methyl sites for hydroxylation is 1. The van der Waals surface area contributed by atoms with Gasteiger partial charge in [-0.05, 0) is 56.0 Å². The first-order valence-corrected chi connectivity index (χ1v) is 8.32. The number of nitrogens with two attached hydrogens (primary N) is 1. The molecule has 5 nitrogen and oxygen atoms in total. The summed E-state index contributed by atoms with van der Waals surface area (Å²) < 4.78 is 7.82. The van der Waals surface area contributed by atoms with Crippen molar-refractivity contribution in [3.63, 3.8) is 0 Å². The molecular formula is C19H24N4O. The summed E-state index contributed by atoms with van der Waals surface area (Å²) in [5, 5.41) is 4.35. The van der Waals surface area contributed by atoms with Gasteiger partial charge in [0.1, 0.15) is 5.75 Å². The van der Waals surface area contributed by atoms with E-state index in [4.69, 9.17) is 10.5 Å². The SMILES string of the molecule is Cc1cc(-c2ccnc3ccnn23)ccc1OCC(C)CC(C)N. The van der Waals surface area contributed by atoms with E-state index in [-0.39, 0.29) is 6.04 Å². The first kappa shape index (κ1) is 16.5. The predicted molar refractivity (Wildman–Crippen MR) is 96.1 cm³/mol. The van der Waals surface area contributed by atoms with Gasteiger partial charge in [-0.15, -0.1) is 0 Å². The van der Waals surface area contributed by atoms with Gasteiger partial charge in [0, 0.05) is 23.9 Å². The second-order valence-electron chi connectivity index (χ2n) is 6.54. The van der Waals surface area contributed by atoms with Crippen LogP contribution in [0.15, 0.2) is 42.7 Å². The zero-order valence-corrected chi connectivity index (χ0v) is 14.4. The molecule has 0 saturated heterocycles. The Bertz CT molecular complexity index is 825. The van der Waals surface area contributed by atoms with Crippen molar-refractivity contribution in [2.24, 2.45) is 11.7 Å². The van der Waals surface area contributed by atoms with E-state index >= 15 is 0 Å². The van der Waals surface area contributed by atoms with Crippen LogP contribution >= 0.6 is 0 Å². The molecule has 3 aromatic rings.